The Bertz CT molecular complexity index is 1420. The zero-order chi connectivity index (χ0) is 27.3. The smallest absolute Gasteiger partial charge is 0.412 e. The number of halogens is 5. The number of nitrogens with one attached hydrogen (secondary N) is 1. The van der Waals surface area contributed by atoms with E-state index >= 15 is 0 Å². The summed E-state index contributed by atoms with van der Waals surface area (Å²) in [5, 5.41) is 12.2. The number of ether oxygens (including phenoxy) is 1. The van der Waals surface area contributed by atoms with Crippen LogP contribution < -0.4 is 10.7 Å². The normalized spacial score (nSPS) is 30.2. The summed E-state index contributed by atoms with van der Waals surface area (Å²) in [5.41, 5.74) is -3.66. The quantitative estimate of drug-likeness (QED) is 0.584. The lowest BCUT2D eigenvalue weighted by molar-refractivity contribution is -0.155. The molecule has 4 fully saturated rings. The minimum Gasteiger partial charge on any atom is -0.503 e. The van der Waals surface area contributed by atoms with Gasteiger partial charge in [0, 0.05) is 23.9 Å². The van der Waals surface area contributed by atoms with Crippen LogP contribution in [0.2, 0.25) is 0 Å². The van der Waals surface area contributed by atoms with Gasteiger partial charge in [-0.2, -0.15) is 13.2 Å². The average Bonchev–Trinajstić information content (AvgIpc) is 3.63. The van der Waals surface area contributed by atoms with Crippen LogP contribution in [0.15, 0.2) is 29.2 Å². The van der Waals surface area contributed by atoms with E-state index in [4.69, 9.17) is 4.74 Å². The van der Waals surface area contributed by atoms with Crippen LogP contribution in [0.5, 0.6) is 5.75 Å². The monoisotopic (exact) mass is 539 g/mol. The van der Waals surface area contributed by atoms with Gasteiger partial charge in [-0.05, 0) is 36.7 Å². The van der Waals surface area contributed by atoms with Gasteiger partial charge in [0.2, 0.25) is 5.43 Å². The van der Waals surface area contributed by atoms with Gasteiger partial charge in [0.1, 0.15) is 17.2 Å². The summed E-state index contributed by atoms with van der Waals surface area (Å²) >= 11 is 0. The fourth-order valence-corrected chi connectivity index (χ4v) is 6.40. The molecule has 202 valence electrons. The third kappa shape index (κ3) is 3.69. The van der Waals surface area contributed by atoms with E-state index in [0.29, 0.717) is 18.1 Å². The summed E-state index contributed by atoms with van der Waals surface area (Å²) in [6.45, 7) is 1.96. The molecule has 38 heavy (non-hydrogen) atoms. The van der Waals surface area contributed by atoms with E-state index in [1.165, 1.54) is 0 Å². The van der Waals surface area contributed by atoms with Crippen LogP contribution in [0, 0.1) is 29.4 Å². The highest BCUT2D eigenvalue weighted by Gasteiger charge is 2.61. The predicted octanol–water partition coefficient (Wildman–Crippen LogP) is 3.09. The lowest BCUT2D eigenvalue weighted by atomic mass is 9.83. The van der Waals surface area contributed by atoms with E-state index in [9.17, 15) is 41.4 Å². The first kappa shape index (κ1) is 24.8. The molecule has 2 aromatic rings. The first-order valence-corrected chi connectivity index (χ1v) is 12.1. The number of amides is 2. The van der Waals surface area contributed by atoms with Crippen molar-refractivity contribution >= 4 is 11.8 Å². The average molecular weight is 539 g/mol. The minimum atomic E-state index is -5.21. The molecule has 7 rings (SSSR count). The number of pyridine rings is 1. The second kappa shape index (κ2) is 8.26. The molecule has 4 heterocycles. The number of fused-ring (bicyclic) bond motifs is 2. The Labute approximate surface area is 212 Å². The first-order valence-electron chi connectivity index (χ1n) is 12.1. The zero-order valence-corrected chi connectivity index (χ0v) is 19.8. The van der Waals surface area contributed by atoms with Gasteiger partial charge in [-0.15, -0.1) is 0 Å². The molecule has 0 spiro atoms. The van der Waals surface area contributed by atoms with E-state index in [-0.39, 0.29) is 42.3 Å². The number of aromatic nitrogens is 1. The molecule has 2 saturated carbocycles. The van der Waals surface area contributed by atoms with E-state index in [1.807, 2.05) is 6.92 Å². The highest BCUT2D eigenvalue weighted by Crippen LogP contribution is 2.57. The lowest BCUT2D eigenvalue weighted by Crippen LogP contribution is -2.55. The number of carbonyl (C=O) groups excluding carboxylic acids is 2. The molecule has 2 amide bonds. The van der Waals surface area contributed by atoms with Gasteiger partial charge >= 0.3 is 6.18 Å². The fourth-order valence-electron chi connectivity index (χ4n) is 6.40. The van der Waals surface area contributed by atoms with Crippen LogP contribution in [0.3, 0.4) is 0 Å². The SMILES string of the molecule is CC1CC2OC3Cn4cc(C(=O)NC(c5ccc(F)cc5F)C(F)(F)F)c(=O)c(O)c4C(=O)N3C1C1CC21. The maximum Gasteiger partial charge on any atom is 0.412 e. The second-order valence-corrected chi connectivity index (χ2v) is 10.4. The maximum atomic E-state index is 14.2. The van der Waals surface area contributed by atoms with Crippen molar-refractivity contribution < 1.29 is 41.4 Å². The third-order valence-corrected chi connectivity index (χ3v) is 8.12. The molecular weight excluding hydrogens is 517 g/mol. The van der Waals surface area contributed by atoms with Crippen molar-refractivity contribution in [1.29, 1.82) is 0 Å². The Morgan fingerprint density at radius 1 is 1.18 bits per heavy atom. The van der Waals surface area contributed by atoms with Gasteiger partial charge in [0.05, 0.1) is 12.6 Å². The Kier molecular flexibility index (Phi) is 5.40. The standard InChI is InChI=1S/C25H22F5N3O5/c1-9-4-16-12-6-13(12)18(9)33-17(38-16)8-32-7-14(20(34)21(35)19(32)24(33)37)23(36)31-22(25(28,29)30)11-3-2-10(26)5-15(11)27/h2-3,5,7,9,12-13,16-18,22,35H,4,6,8H2,1H3,(H,31,36). The number of benzene rings is 1. The Balaban J connectivity index is 1.36. The predicted molar refractivity (Wildman–Crippen MR) is 119 cm³/mol. The number of hydrogen-bond acceptors (Lipinski definition) is 5. The van der Waals surface area contributed by atoms with Crippen LogP contribution in [-0.2, 0) is 11.3 Å². The lowest BCUT2D eigenvalue weighted by Gasteiger charge is -2.41. The van der Waals surface area contributed by atoms with Gasteiger partial charge in [-0.1, -0.05) is 13.0 Å². The molecule has 2 saturated heterocycles. The van der Waals surface area contributed by atoms with E-state index < -0.39 is 64.2 Å². The maximum absolute atomic E-state index is 14.2. The van der Waals surface area contributed by atoms with Crippen LogP contribution >= 0.6 is 0 Å². The molecule has 7 atom stereocenters. The Morgan fingerprint density at radius 3 is 2.61 bits per heavy atom. The summed E-state index contributed by atoms with van der Waals surface area (Å²) in [4.78, 5) is 40.8. The number of hydrogen-bond donors (Lipinski definition) is 2. The summed E-state index contributed by atoms with van der Waals surface area (Å²) in [7, 11) is 0. The van der Waals surface area contributed by atoms with Crippen LogP contribution in [-0.4, -0.2) is 50.9 Å². The molecule has 0 radical (unpaired) electrons. The molecule has 8 nitrogen and oxygen atoms in total. The third-order valence-electron chi connectivity index (χ3n) is 8.12. The number of carbonyl (C=O) groups is 2. The topological polar surface area (TPSA) is 101 Å². The number of alkyl halides is 3. The van der Waals surface area contributed by atoms with Gasteiger partial charge in [0.15, 0.2) is 23.7 Å². The number of aromatic hydroxyl groups is 1. The van der Waals surface area contributed by atoms with Crippen molar-refractivity contribution in [3.63, 3.8) is 0 Å². The van der Waals surface area contributed by atoms with E-state index in [0.717, 1.165) is 23.6 Å². The van der Waals surface area contributed by atoms with Gasteiger partial charge in [-0.3, -0.25) is 14.4 Å². The number of nitrogens with zero attached hydrogens (tertiary/aromatic N) is 2. The molecule has 7 unspecified atom stereocenters. The van der Waals surface area contributed by atoms with Gasteiger partial charge in [0.25, 0.3) is 11.8 Å². The molecule has 2 N–H and O–H groups in total. The summed E-state index contributed by atoms with van der Waals surface area (Å²) < 4.78 is 76.0. The van der Waals surface area contributed by atoms with Crippen molar-refractivity contribution in [1.82, 2.24) is 14.8 Å². The summed E-state index contributed by atoms with van der Waals surface area (Å²) in [6.07, 6.45) is -3.44. The molecule has 1 aromatic carbocycles. The molecule has 1 aromatic heterocycles. The minimum absolute atomic E-state index is 0.0519. The Hall–Kier alpha value is -3.48. The molecule has 5 aliphatic rings. The molecule has 3 aliphatic heterocycles. The van der Waals surface area contributed by atoms with E-state index in [2.05, 4.69) is 0 Å². The second-order valence-electron chi connectivity index (χ2n) is 10.4. The van der Waals surface area contributed by atoms with Crippen molar-refractivity contribution in [2.45, 2.75) is 56.9 Å². The number of rotatable bonds is 3. The zero-order valence-electron chi connectivity index (χ0n) is 19.8. The first-order chi connectivity index (χ1) is 17.9. The molecule has 2 bridgehead atoms. The van der Waals surface area contributed by atoms with Crippen LogP contribution in [0.4, 0.5) is 22.0 Å². The highest BCUT2D eigenvalue weighted by atomic mass is 19.4. The molecule has 13 heteroatoms. The highest BCUT2D eigenvalue weighted by molar-refractivity contribution is 5.99. The van der Waals surface area contributed by atoms with Gasteiger partial charge < -0.3 is 24.6 Å². The van der Waals surface area contributed by atoms with Crippen molar-refractivity contribution in [3.8, 4) is 5.75 Å². The largest absolute Gasteiger partial charge is 0.503 e. The van der Waals surface area contributed by atoms with Gasteiger partial charge in [-0.25, -0.2) is 8.78 Å². The fraction of sp³-hybridized carbons (Fsp3) is 0.480. The van der Waals surface area contributed by atoms with Crippen LogP contribution in [0.25, 0.3) is 0 Å². The molecule has 2 aliphatic carbocycles. The molecular formula is C25H22F5N3O5. The van der Waals surface area contributed by atoms with Crippen molar-refractivity contribution in [3.05, 3.63) is 63.1 Å². The van der Waals surface area contributed by atoms with Crippen molar-refractivity contribution in [2.75, 3.05) is 0 Å². The summed E-state index contributed by atoms with van der Waals surface area (Å²) in [6, 6.07) is -1.67. The summed E-state index contributed by atoms with van der Waals surface area (Å²) in [5.74, 6) is -5.24. The Morgan fingerprint density at radius 2 is 1.92 bits per heavy atom. The van der Waals surface area contributed by atoms with Crippen molar-refractivity contribution in [2.24, 2.45) is 17.8 Å². The van der Waals surface area contributed by atoms with Crippen LogP contribution in [0.1, 0.15) is 52.2 Å². The van der Waals surface area contributed by atoms with E-state index in [1.54, 1.807) is 10.2 Å².